The van der Waals surface area contributed by atoms with Crippen LogP contribution in [0, 0.1) is 24.0 Å². The number of morpholine rings is 1. The Kier molecular flexibility index (Phi) is 6.01. The normalized spacial score (nSPS) is 20.2. The maximum Gasteiger partial charge on any atom is 0.222 e. The van der Waals surface area contributed by atoms with Crippen LogP contribution in [0.4, 0.5) is 8.78 Å². The molecule has 2 aliphatic rings. The van der Waals surface area contributed by atoms with Crippen molar-refractivity contribution >= 4 is 5.91 Å². The van der Waals surface area contributed by atoms with E-state index in [1.165, 1.54) is 6.07 Å². The van der Waals surface area contributed by atoms with E-state index in [1.807, 2.05) is 0 Å². The molecule has 0 bridgehead atoms. The quantitative estimate of drug-likeness (QED) is 0.655. The summed E-state index contributed by atoms with van der Waals surface area (Å²) in [5.41, 5.74) is -0.469. The Hall–Kier alpha value is -2.53. The van der Waals surface area contributed by atoms with Gasteiger partial charge < -0.3 is 14.4 Å². The summed E-state index contributed by atoms with van der Waals surface area (Å²) in [6.45, 7) is 1.43. The van der Waals surface area contributed by atoms with Gasteiger partial charge in [-0.05, 0) is 12.1 Å². The molecule has 3 rings (SSSR count). The lowest BCUT2D eigenvalue weighted by Gasteiger charge is -2.33. The van der Waals surface area contributed by atoms with Gasteiger partial charge in [0.15, 0.2) is 17.3 Å². The smallest absolute Gasteiger partial charge is 0.222 e. The Labute approximate surface area is 156 Å². The number of hydrogen-bond donors (Lipinski definition) is 0. The number of rotatable bonds is 8. The molecule has 27 heavy (non-hydrogen) atoms. The summed E-state index contributed by atoms with van der Waals surface area (Å²) < 4.78 is 37.2. The van der Waals surface area contributed by atoms with Gasteiger partial charge in [-0.2, -0.15) is 10.2 Å². The number of halogens is 2. The van der Waals surface area contributed by atoms with Crippen molar-refractivity contribution in [2.24, 2.45) is 10.2 Å². The number of ether oxygens (including phenoxy) is 2. The van der Waals surface area contributed by atoms with E-state index in [9.17, 15) is 13.6 Å². The van der Waals surface area contributed by atoms with Crippen LogP contribution in [-0.4, -0.2) is 48.9 Å². The molecule has 1 amide bonds. The first kappa shape index (κ1) is 19.2. The molecule has 8 heteroatoms. The van der Waals surface area contributed by atoms with Crippen LogP contribution in [0.5, 0.6) is 5.75 Å². The van der Waals surface area contributed by atoms with Crippen molar-refractivity contribution in [2.75, 3.05) is 26.3 Å². The first-order chi connectivity index (χ1) is 13.0. The van der Waals surface area contributed by atoms with Crippen molar-refractivity contribution < 1.29 is 23.0 Å². The summed E-state index contributed by atoms with van der Waals surface area (Å²) in [4.78, 5) is 14.2. The first-order valence-electron chi connectivity index (χ1n) is 8.86. The minimum absolute atomic E-state index is 0.00788. The van der Waals surface area contributed by atoms with E-state index in [0.717, 1.165) is 12.1 Å². The first-order valence-corrected chi connectivity index (χ1v) is 8.86. The Balaban J connectivity index is 1.44. The lowest BCUT2D eigenvalue weighted by molar-refractivity contribution is -0.140. The molecule has 1 aromatic rings. The largest absolute Gasteiger partial charge is 0.491 e. The number of terminal acetylenes is 1. The third kappa shape index (κ3) is 5.23. The average Bonchev–Trinajstić information content (AvgIpc) is 3.46. The SMILES string of the molecule is C#CCCC1(CCC(=O)N2CCOC(COc3ccc(F)c(F)c3)C2)N=N1. The zero-order chi connectivity index (χ0) is 19.3. The van der Waals surface area contributed by atoms with Crippen molar-refractivity contribution in [3.63, 3.8) is 0 Å². The number of amides is 1. The van der Waals surface area contributed by atoms with Gasteiger partial charge in [-0.15, -0.1) is 12.3 Å². The van der Waals surface area contributed by atoms with E-state index in [1.54, 1.807) is 4.90 Å². The van der Waals surface area contributed by atoms with Crippen LogP contribution in [0.1, 0.15) is 25.7 Å². The molecule has 1 aromatic carbocycles. The summed E-state index contributed by atoms with van der Waals surface area (Å²) in [7, 11) is 0. The standard InChI is InChI=1S/C19H21F2N3O3/c1-2-3-7-19(22-23-19)8-6-18(25)24-9-10-26-15(12-24)13-27-14-4-5-16(20)17(21)11-14/h1,4-5,11,15H,3,6-10,12-13H2. The van der Waals surface area contributed by atoms with Crippen molar-refractivity contribution in [1.82, 2.24) is 4.90 Å². The molecule has 2 aliphatic heterocycles. The van der Waals surface area contributed by atoms with Gasteiger partial charge in [0.05, 0.1) is 13.2 Å². The Bertz CT molecular complexity index is 757. The van der Waals surface area contributed by atoms with Crippen LogP contribution in [0.3, 0.4) is 0 Å². The molecule has 1 atom stereocenters. The van der Waals surface area contributed by atoms with Crippen LogP contribution in [0.15, 0.2) is 28.4 Å². The summed E-state index contributed by atoms with van der Waals surface area (Å²) in [6.07, 6.45) is 7.09. The molecule has 1 unspecified atom stereocenters. The average molecular weight is 377 g/mol. The minimum atomic E-state index is -0.969. The zero-order valence-electron chi connectivity index (χ0n) is 14.9. The van der Waals surface area contributed by atoms with Crippen LogP contribution < -0.4 is 4.74 Å². The van der Waals surface area contributed by atoms with Crippen molar-refractivity contribution in [3.8, 4) is 18.1 Å². The van der Waals surface area contributed by atoms with E-state index in [-0.39, 0.29) is 24.4 Å². The van der Waals surface area contributed by atoms with Gasteiger partial charge in [-0.1, -0.05) is 0 Å². The summed E-state index contributed by atoms with van der Waals surface area (Å²) in [6, 6.07) is 3.34. The van der Waals surface area contributed by atoms with E-state index in [0.29, 0.717) is 45.4 Å². The van der Waals surface area contributed by atoms with Gasteiger partial charge in [-0.3, -0.25) is 4.79 Å². The van der Waals surface area contributed by atoms with Gasteiger partial charge in [0.2, 0.25) is 5.91 Å². The number of carbonyl (C=O) groups excluding carboxylic acids is 1. The predicted molar refractivity (Wildman–Crippen MR) is 93.1 cm³/mol. The molecule has 0 aliphatic carbocycles. The second-order valence-corrected chi connectivity index (χ2v) is 6.61. The molecule has 144 valence electrons. The fraction of sp³-hybridized carbons (Fsp3) is 0.526. The highest BCUT2D eigenvalue weighted by molar-refractivity contribution is 5.76. The summed E-state index contributed by atoms with van der Waals surface area (Å²) in [5, 5.41) is 8.07. The molecule has 1 saturated heterocycles. The topological polar surface area (TPSA) is 63.5 Å². The molecule has 2 heterocycles. The molecule has 0 radical (unpaired) electrons. The number of hydrogen-bond acceptors (Lipinski definition) is 5. The highest BCUT2D eigenvalue weighted by Crippen LogP contribution is 2.37. The number of nitrogens with zero attached hydrogens (tertiary/aromatic N) is 3. The third-order valence-corrected chi connectivity index (χ3v) is 4.61. The monoisotopic (exact) mass is 377 g/mol. The molecule has 0 N–H and O–H groups in total. The highest BCUT2D eigenvalue weighted by atomic mass is 19.2. The molecule has 0 spiro atoms. The maximum atomic E-state index is 13.2. The van der Waals surface area contributed by atoms with Gasteiger partial charge in [0.1, 0.15) is 18.5 Å². The van der Waals surface area contributed by atoms with E-state index in [4.69, 9.17) is 15.9 Å². The maximum absolute atomic E-state index is 13.2. The summed E-state index contributed by atoms with van der Waals surface area (Å²) >= 11 is 0. The van der Waals surface area contributed by atoms with E-state index in [2.05, 4.69) is 16.1 Å². The molecule has 0 aromatic heterocycles. The Morgan fingerprint density at radius 3 is 2.89 bits per heavy atom. The van der Waals surface area contributed by atoms with Crippen molar-refractivity contribution in [1.29, 1.82) is 0 Å². The molecule has 0 saturated carbocycles. The molecular formula is C19H21F2N3O3. The van der Waals surface area contributed by atoms with Crippen molar-refractivity contribution in [3.05, 3.63) is 29.8 Å². The van der Waals surface area contributed by atoms with Crippen LogP contribution in [0.2, 0.25) is 0 Å². The second kappa shape index (κ2) is 8.44. The number of carbonyl (C=O) groups is 1. The fourth-order valence-electron chi connectivity index (χ4n) is 2.94. The van der Waals surface area contributed by atoms with Gasteiger partial charge >= 0.3 is 0 Å². The second-order valence-electron chi connectivity index (χ2n) is 6.61. The third-order valence-electron chi connectivity index (χ3n) is 4.61. The Morgan fingerprint density at radius 1 is 1.37 bits per heavy atom. The van der Waals surface area contributed by atoms with Crippen LogP contribution in [0.25, 0.3) is 0 Å². The zero-order valence-corrected chi connectivity index (χ0v) is 14.9. The predicted octanol–water partition coefficient (Wildman–Crippen LogP) is 2.93. The highest BCUT2D eigenvalue weighted by Gasteiger charge is 2.40. The Morgan fingerprint density at radius 2 is 2.19 bits per heavy atom. The lowest BCUT2D eigenvalue weighted by atomic mass is 10.0. The lowest BCUT2D eigenvalue weighted by Crippen LogP contribution is -2.47. The fourth-order valence-corrected chi connectivity index (χ4v) is 2.94. The van der Waals surface area contributed by atoms with Gasteiger partial charge in [-0.25, -0.2) is 8.78 Å². The molecule has 1 fully saturated rings. The van der Waals surface area contributed by atoms with E-state index < -0.39 is 17.3 Å². The van der Waals surface area contributed by atoms with E-state index >= 15 is 0 Å². The number of benzene rings is 1. The van der Waals surface area contributed by atoms with Crippen LogP contribution in [-0.2, 0) is 9.53 Å². The van der Waals surface area contributed by atoms with Gasteiger partial charge in [0.25, 0.3) is 0 Å². The van der Waals surface area contributed by atoms with Crippen molar-refractivity contribution in [2.45, 2.75) is 37.5 Å². The van der Waals surface area contributed by atoms with Gasteiger partial charge in [0, 0.05) is 38.3 Å². The molecular weight excluding hydrogens is 356 g/mol. The summed E-state index contributed by atoms with van der Waals surface area (Å²) in [5.74, 6) is 0.891. The molecule has 6 nitrogen and oxygen atoms in total. The van der Waals surface area contributed by atoms with Crippen LogP contribution >= 0.6 is 0 Å². The minimum Gasteiger partial charge on any atom is -0.491 e.